The summed E-state index contributed by atoms with van der Waals surface area (Å²) >= 11 is 0. The lowest BCUT2D eigenvalue weighted by Gasteiger charge is -1.86. The van der Waals surface area contributed by atoms with Crippen LogP contribution in [0.15, 0.2) is 29.0 Å². The Balaban J connectivity index is 2.92. The van der Waals surface area contributed by atoms with Crippen LogP contribution in [0.3, 0.4) is 0 Å². The van der Waals surface area contributed by atoms with Gasteiger partial charge in [0, 0.05) is 0 Å². The molecule has 52 valence electrons. The van der Waals surface area contributed by atoms with Crippen molar-refractivity contribution in [1.82, 2.24) is 4.98 Å². The molecule has 0 aliphatic rings. The molecule has 0 unspecified atom stereocenters. The molecule has 1 aromatic carbocycles. The second kappa shape index (κ2) is 2.10. The lowest BCUT2D eigenvalue weighted by atomic mass is 10.3. The molecule has 0 bridgehead atoms. The lowest BCUT2D eigenvalue weighted by molar-refractivity contribution is 0.602. The molecule has 0 amide bonds. The monoisotopic (exact) mass is 144 g/mol. The molecule has 0 spiro atoms. The second-order valence-electron chi connectivity index (χ2n) is 2.09. The topological polar surface area (TPSA) is 30.4 Å². The van der Waals surface area contributed by atoms with Gasteiger partial charge in [0.25, 0.3) is 0 Å². The second-order valence-corrected chi connectivity index (χ2v) is 2.09. The lowest BCUT2D eigenvalue weighted by Crippen LogP contribution is -1.65. The van der Waals surface area contributed by atoms with Crippen LogP contribution < -0.4 is 0 Å². The number of fused-ring (bicyclic) bond motifs is 1. The Morgan fingerprint density at radius 1 is 1.45 bits per heavy atom. The maximum Gasteiger partial charge on any atom is 0.216 e. The molecular weight excluding hydrogens is 140 g/mol. The number of hydrogen-bond acceptors (Lipinski definition) is 2. The smallest absolute Gasteiger partial charge is 0.216 e. The van der Waals surface area contributed by atoms with E-state index in [2.05, 4.69) is 9.83 Å². The minimum atomic E-state index is 0.538. The Bertz CT molecular complexity index is 425. The molecule has 2 aromatic rings. The zero-order valence-electron chi connectivity index (χ0n) is 5.61. The van der Waals surface area contributed by atoms with Crippen LogP contribution >= 0.6 is 0 Å². The summed E-state index contributed by atoms with van der Waals surface area (Å²) < 4.78 is 5.01. The highest BCUT2D eigenvalue weighted by atomic mass is 16.3. The fourth-order valence-corrected chi connectivity index (χ4v) is 0.962. The molecule has 0 aliphatic carbocycles. The normalized spacial score (nSPS) is 9.73. The van der Waals surface area contributed by atoms with E-state index in [-0.39, 0.29) is 0 Å². The number of benzene rings is 1. The molecule has 3 heteroatoms. The van der Waals surface area contributed by atoms with Crippen LogP contribution in [0.1, 0.15) is 0 Å². The van der Waals surface area contributed by atoms with Crippen molar-refractivity contribution in [3.05, 3.63) is 36.0 Å². The van der Waals surface area contributed by atoms with Gasteiger partial charge in [0.15, 0.2) is 6.39 Å². The third kappa shape index (κ3) is 0.767. The molecule has 0 fully saturated rings. The molecular formula is C8H4N2O. The Morgan fingerprint density at radius 3 is 3.18 bits per heavy atom. The Labute approximate surface area is 63.1 Å². The first-order chi connectivity index (χ1) is 5.42. The molecule has 3 nitrogen and oxygen atoms in total. The highest BCUT2D eigenvalue weighted by Gasteiger charge is 2.02. The van der Waals surface area contributed by atoms with Gasteiger partial charge in [0.2, 0.25) is 5.69 Å². The van der Waals surface area contributed by atoms with Crippen molar-refractivity contribution in [2.75, 3.05) is 0 Å². The maximum absolute atomic E-state index is 6.81. The summed E-state index contributed by atoms with van der Waals surface area (Å²) in [6.45, 7) is 6.81. The molecule has 0 radical (unpaired) electrons. The van der Waals surface area contributed by atoms with E-state index in [1.165, 1.54) is 6.39 Å². The largest absolute Gasteiger partial charge is 0.445 e. The van der Waals surface area contributed by atoms with Crippen molar-refractivity contribution < 1.29 is 4.42 Å². The van der Waals surface area contributed by atoms with E-state index in [0.29, 0.717) is 16.8 Å². The SMILES string of the molecule is [C-]#[N+]c1cccc2ocnc12. The van der Waals surface area contributed by atoms with E-state index < -0.39 is 0 Å². The predicted octanol–water partition coefficient (Wildman–Crippen LogP) is 2.38. The number of hydrogen-bond donors (Lipinski definition) is 0. The third-order valence-corrected chi connectivity index (χ3v) is 1.46. The van der Waals surface area contributed by atoms with Gasteiger partial charge in [-0.3, -0.25) is 0 Å². The highest BCUT2D eigenvalue weighted by molar-refractivity contribution is 5.86. The van der Waals surface area contributed by atoms with Gasteiger partial charge >= 0.3 is 0 Å². The van der Waals surface area contributed by atoms with Gasteiger partial charge in [0.1, 0.15) is 11.1 Å². The van der Waals surface area contributed by atoms with E-state index in [4.69, 9.17) is 11.0 Å². The minimum Gasteiger partial charge on any atom is -0.445 e. The van der Waals surface area contributed by atoms with Gasteiger partial charge in [-0.15, -0.1) is 0 Å². The first-order valence-electron chi connectivity index (χ1n) is 3.11. The predicted molar refractivity (Wildman–Crippen MR) is 40.3 cm³/mol. The fourth-order valence-electron chi connectivity index (χ4n) is 0.962. The van der Waals surface area contributed by atoms with Crippen LogP contribution in [0.5, 0.6) is 0 Å². The number of aromatic nitrogens is 1. The van der Waals surface area contributed by atoms with Crippen LogP contribution in [0, 0.1) is 6.57 Å². The van der Waals surface area contributed by atoms with Crippen LogP contribution in [-0.4, -0.2) is 4.98 Å². The summed E-state index contributed by atoms with van der Waals surface area (Å²) in [4.78, 5) is 7.21. The zero-order valence-corrected chi connectivity index (χ0v) is 5.61. The summed E-state index contributed by atoms with van der Waals surface area (Å²) in [5.41, 5.74) is 1.84. The molecule has 1 aromatic heterocycles. The third-order valence-electron chi connectivity index (χ3n) is 1.46. The molecule has 0 N–H and O–H groups in total. The molecule has 2 rings (SSSR count). The van der Waals surface area contributed by atoms with Crippen LogP contribution in [0.25, 0.3) is 15.9 Å². The molecule has 1 heterocycles. The summed E-state index contributed by atoms with van der Waals surface area (Å²) in [5, 5.41) is 0. The summed E-state index contributed by atoms with van der Waals surface area (Å²) in [6, 6.07) is 5.29. The van der Waals surface area contributed by atoms with Crippen molar-refractivity contribution in [3.8, 4) is 0 Å². The number of oxazole rings is 1. The van der Waals surface area contributed by atoms with Crippen molar-refractivity contribution in [2.24, 2.45) is 0 Å². The average Bonchev–Trinajstić information content (AvgIpc) is 2.50. The Hall–Kier alpha value is -1.82. The van der Waals surface area contributed by atoms with Crippen molar-refractivity contribution in [1.29, 1.82) is 0 Å². The van der Waals surface area contributed by atoms with Crippen molar-refractivity contribution in [3.63, 3.8) is 0 Å². The first kappa shape index (κ1) is 5.93. The van der Waals surface area contributed by atoms with Gasteiger partial charge in [0.05, 0.1) is 6.57 Å². The summed E-state index contributed by atoms with van der Waals surface area (Å²) in [5.74, 6) is 0. The highest BCUT2D eigenvalue weighted by Crippen LogP contribution is 2.23. The number of nitrogens with zero attached hydrogens (tertiary/aromatic N) is 2. The molecule has 0 atom stereocenters. The van der Waals surface area contributed by atoms with Gasteiger partial charge < -0.3 is 4.42 Å². The van der Waals surface area contributed by atoms with Crippen molar-refractivity contribution in [2.45, 2.75) is 0 Å². The van der Waals surface area contributed by atoms with E-state index in [1.807, 2.05) is 0 Å². The maximum atomic E-state index is 6.81. The van der Waals surface area contributed by atoms with E-state index >= 15 is 0 Å². The Morgan fingerprint density at radius 2 is 2.36 bits per heavy atom. The quantitative estimate of drug-likeness (QED) is 0.531. The number of para-hydroxylation sites is 1. The van der Waals surface area contributed by atoms with Crippen LogP contribution in [0.4, 0.5) is 5.69 Å². The standard InChI is InChI=1S/C8H4N2O/c1-9-6-3-2-4-7-8(6)10-5-11-7/h2-5H. The minimum absolute atomic E-state index is 0.538. The van der Waals surface area contributed by atoms with Gasteiger partial charge in [-0.05, 0) is 6.07 Å². The van der Waals surface area contributed by atoms with E-state index in [1.54, 1.807) is 18.2 Å². The average molecular weight is 144 g/mol. The van der Waals surface area contributed by atoms with E-state index in [9.17, 15) is 0 Å². The number of rotatable bonds is 0. The van der Waals surface area contributed by atoms with Crippen LogP contribution in [0.2, 0.25) is 0 Å². The molecule has 0 saturated carbocycles. The zero-order chi connectivity index (χ0) is 7.68. The first-order valence-corrected chi connectivity index (χ1v) is 3.11. The molecule has 0 aliphatic heterocycles. The fraction of sp³-hybridized carbons (Fsp3) is 0. The Kier molecular flexibility index (Phi) is 1.13. The van der Waals surface area contributed by atoms with Gasteiger partial charge in [-0.2, -0.15) is 0 Å². The van der Waals surface area contributed by atoms with Gasteiger partial charge in [-0.25, -0.2) is 9.83 Å². The van der Waals surface area contributed by atoms with Crippen molar-refractivity contribution >= 4 is 16.8 Å². The van der Waals surface area contributed by atoms with Gasteiger partial charge in [-0.1, -0.05) is 12.1 Å². The summed E-state index contributed by atoms with van der Waals surface area (Å²) in [7, 11) is 0. The molecule has 0 saturated heterocycles. The van der Waals surface area contributed by atoms with E-state index in [0.717, 1.165) is 0 Å². The molecule has 11 heavy (non-hydrogen) atoms. The summed E-state index contributed by atoms with van der Waals surface area (Å²) in [6.07, 6.45) is 1.35. The van der Waals surface area contributed by atoms with Crippen LogP contribution in [-0.2, 0) is 0 Å².